The third-order valence-electron chi connectivity index (χ3n) is 4.62. The van der Waals surface area contributed by atoms with Crippen molar-refractivity contribution in [1.82, 2.24) is 15.0 Å². The highest BCUT2D eigenvalue weighted by atomic mass is 35.5. The van der Waals surface area contributed by atoms with Crippen LogP contribution in [-0.4, -0.2) is 40.7 Å². The summed E-state index contributed by atoms with van der Waals surface area (Å²) in [6, 6.07) is 7.20. The van der Waals surface area contributed by atoms with Crippen molar-refractivity contribution in [3.05, 3.63) is 51.2 Å². The van der Waals surface area contributed by atoms with E-state index in [9.17, 15) is 9.59 Å². The first-order chi connectivity index (χ1) is 14.0. The SMILES string of the molecule is COC(=O)Nc1nc2c(s1)CN(C(=O)c1c(-c3ccccc3Cl)noc1C)CC2. The number of hydrogen-bond acceptors (Lipinski definition) is 7. The molecule has 1 aliphatic heterocycles. The van der Waals surface area contributed by atoms with Gasteiger partial charge >= 0.3 is 6.09 Å². The number of methoxy groups -OCH3 is 1. The second-order valence-electron chi connectivity index (χ2n) is 6.42. The van der Waals surface area contributed by atoms with Gasteiger partial charge < -0.3 is 14.2 Å². The molecule has 0 saturated heterocycles. The molecule has 10 heteroatoms. The third-order valence-corrected chi connectivity index (χ3v) is 5.95. The van der Waals surface area contributed by atoms with Crippen molar-refractivity contribution in [3.8, 4) is 11.3 Å². The Morgan fingerprint density at radius 3 is 2.90 bits per heavy atom. The van der Waals surface area contributed by atoms with Crippen LogP contribution in [0.2, 0.25) is 5.02 Å². The molecule has 8 nitrogen and oxygen atoms in total. The molecule has 0 fully saturated rings. The largest absolute Gasteiger partial charge is 0.453 e. The summed E-state index contributed by atoms with van der Waals surface area (Å²) in [5, 5.41) is 7.59. The molecule has 1 aliphatic rings. The van der Waals surface area contributed by atoms with Gasteiger partial charge in [0, 0.05) is 23.4 Å². The maximum absolute atomic E-state index is 13.3. The van der Waals surface area contributed by atoms with E-state index in [1.165, 1.54) is 18.4 Å². The van der Waals surface area contributed by atoms with E-state index in [1.54, 1.807) is 24.0 Å². The Hall–Kier alpha value is -2.91. The third kappa shape index (κ3) is 3.70. The Balaban J connectivity index is 1.60. The van der Waals surface area contributed by atoms with Crippen molar-refractivity contribution < 1.29 is 18.8 Å². The molecular weight excluding hydrogens is 416 g/mol. The van der Waals surface area contributed by atoms with Crippen molar-refractivity contribution in [2.75, 3.05) is 19.0 Å². The van der Waals surface area contributed by atoms with Crippen LogP contribution in [0.15, 0.2) is 28.8 Å². The van der Waals surface area contributed by atoms with Crippen LogP contribution < -0.4 is 5.32 Å². The number of anilines is 1. The Bertz CT molecular complexity index is 1090. The van der Waals surface area contributed by atoms with Crippen molar-refractivity contribution >= 4 is 40.1 Å². The molecule has 0 aliphatic carbocycles. The van der Waals surface area contributed by atoms with Crippen LogP contribution in [0.4, 0.5) is 9.93 Å². The van der Waals surface area contributed by atoms with Gasteiger partial charge in [-0.15, -0.1) is 0 Å². The number of rotatable bonds is 3. The highest BCUT2D eigenvalue weighted by Gasteiger charge is 2.30. The minimum Gasteiger partial charge on any atom is -0.453 e. The average molecular weight is 433 g/mol. The van der Waals surface area contributed by atoms with Gasteiger partial charge in [0.25, 0.3) is 5.91 Å². The number of nitrogens with one attached hydrogen (secondary N) is 1. The predicted octanol–water partition coefficient (Wildman–Crippen LogP) is 4.14. The quantitative estimate of drug-likeness (QED) is 0.668. The van der Waals surface area contributed by atoms with Gasteiger partial charge in [-0.25, -0.2) is 9.78 Å². The smallest absolute Gasteiger partial charge is 0.413 e. The van der Waals surface area contributed by atoms with E-state index in [4.69, 9.17) is 16.1 Å². The second-order valence-corrected chi connectivity index (χ2v) is 7.92. The van der Waals surface area contributed by atoms with Crippen LogP contribution in [0, 0.1) is 6.92 Å². The summed E-state index contributed by atoms with van der Waals surface area (Å²) in [6.07, 6.45) is 0.0140. The lowest BCUT2D eigenvalue weighted by Crippen LogP contribution is -2.35. The van der Waals surface area contributed by atoms with Crippen LogP contribution in [0.25, 0.3) is 11.3 Å². The lowest BCUT2D eigenvalue weighted by Gasteiger charge is -2.26. The molecule has 0 saturated carbocycles. The monoisotopic (exact) mass is 432 g/mol. The normalized spacial score (nSPS) is 13.1. The first-order valence-corrected chi connectivity index (χ1v) is 10.0. The van der Waals surface area contributed by atoms with Gasteiger partial charge in [-0.05, 0) is 13.0 Å². The number of halogens is 1. The number of thiazole rings is 1. The lowest BCUT2D eigenvalue weighted by molar-refractivity contribution is 0.0735. The van der Waals surface area contributed by atoms with Crippen LogP contribution in [-0.2, 0) is 17.7 Å². The van der Waals surface area contributed by atoms with Crippen molar-refractivity contribution in [3.63, 3.8) is 0 Å². The number of nitrogens with zero attached hydrogens (tertiary/aromatic N) is 3. The molecule has 3 heterocycles. The standard InChI is InChI=1S/C19H17ClN4O4S/c1-10-15(16(23-28-10)11-5-3-4-6-12(11)20)17(25)24-8-7-13-14(9-24)29-18(21-13)22-19(26)27-2/h3-6H,7-9H2,1-2H3,(H,21,22,26). The number of carbonyl (C=O) groups is 2. The van der Waals surface area contributed by atoms with E-state index in [0.29, 0.717) is 52.2 Å². The summed E-state index contributed by atoms with van der Waals surface area (Å²) >= 11 is 7.62. The molecule has 0 bridgehead atoms. The molecule has 2 aromatic heterocycles. The van der Waals surface area contributed by atoms with E-state index in [2.05, 4.69) is 20.2 Å². The number of carbonyl (C=O) groups excluding carboxylic acids is 2. The zero-order valence-electron chi connectivity index (χ0n) is 15.7. The van der Waals surface area contributed by atoms with Gasteiger partial charge in [0.15, 0.2) is 5.13 Å². The molecule has 29 heavy (non-hydrogen) atoms. The number of fused-ring (bicyclic) bond motifs is 1. The summed E-state index contributed by atoms with van der Waals surface area (Å²) < 4.78 is 9.92. The van der Waals surface area contributed by atoms with E-state index in [1.807, 2.05) is 12.1 Å². The fraction of sp³-hybridized carbons (Fsp3) is 0.263. The number of aryl methyl sites for hydroxylation is 1. The molecule has 0 spiro atoms. The van der Waals surface area contributed by atoms with Gasteiger partial charge in [0.1, 0.15) is 17.0 Å². The van der Waals surface area contributed by atoms with Crippen molar-refractivity contribution in [1.29, 1.82) is 0 Å². The van der Waals surface area contributed by atoms with Gasteiger partial charge in [-0.1, -0.05) is 46.3 Å². The highest BCUT2D eigenvalue weighted by molar-refractivity contribution is 7.15. The van der Waals surface area contributed by atoms with E-state index in [-0.39, 0.29) is 5.91 Å². The van der Waals surface area contributed by atoms with Gasteiger partial charge in [0.05, 0.1) is 24.4 Å². The Morgan fingerprint density at radius 1 is 1.34 bits per heavy atom. The van der Waals surface area contributed by atoms with Crippen LogP contribution >= 0.6 is 22.9 Å². The van der Waals surface area contributed by atoms with Crippen molar-refractivity contribution in [2.45, 2.75) is 19.9 Å². The molecule has 0 unspecified atom stereocenters. The fourth-order valence-electron chi connectivity index (χ4n) is 3.18. The van der Waals surface area contributed by atoms with Crippen molar-refractivity contribution in [2.24, 2.45) is 0 Å². The average Bonchev–Trinajstić information content (AvgIpc) is 3.29. The molecule has 0 radical (unpaired) electrons. The number of aromatic nitrogens is 2. The van der Waals surface area contributed by atoms with Gasteiger partial charge in [-0.2, -0.15) is 0 Å². The van der Waals surface area contributed by atoms with Crippen LogP contribution in [0.1, 0.15) is 26.7 Å². The molecule has 0 atom stereocenters. The zero-order chi connectivity index (χ0) is 20.5. The predicted molar refractivity (Wildman–Crippen MR) is 108 cm³/mol. The summed E-state index contributed by atoms with van der Waals surface area (Å²) in [5.74, 6) is 0.258. The maximum atomic E-state index is 13.3. The summed E-state index contributed by atoms with van der Waals surface area (Å²) in [4.78, 5) is 31.8. The molecular formula is C19H17ClN4O4S. The number of benzene rings is 1. The Labute approximate surface area is 175 Å². The molecule has 1 aromatic carbocycles. The summed E-state index contributed by atoms with van der Waals surface area (Å²) in [5.41, 5.74) is 2.36. The van der Waals surface area contributed by atoms with E-state index < -0.39 is 6.09 Å². The van der Waals surface area contributed by atoms with E-state index >= 15 is 0 Å². The Morgan fingerprint density at radius 2 is 2.14 bits per heavy atom. The lowest BCUT2D eigenvalue weighted by atomic mass is 10.0. The zero-order valence-corrected chi connectivity index (χ0v) is 17.3. The number of amides is 2. The summed E-state index contributed by atoms with van der Waals surface area (Å²) in [7, 11) is 1.29. The topological polar surface area (TPSA) is 97.6 Å². The first-order valence-electron chi connectivity index (χ1n) is 8.82. The minimum absolute atomic E-state index is 0.180. The molecule has 1 N–H and O–H groups in total. The van der Waals surface area contributed by atoms with E-state index in [0.717, 1.165) is 10.6 Å². The minimum atomic E-state index is -0.575. The van der Waals surface area contributed by atoms with Crippen LogP contribution in [0.5, 0.6) is 0 Å². The number of hydrogen-bond donors (Lipinski definition) is 1. The number of ether oxygens (including phenoxy) is 1. The second kappa shape index (κ2) is 7.84. The maximum Gasteiger partial charge on any atom is 0.413 e. The first kappa shape index (κ1) is 19.4. The Kier molecular flexibility index (Phi) is 5.25. The molecule has 4 rings (SSSR count). The highest BCUT2D eigenvalue weighted by Crippen LogP contribution is 2.34. The summed E-state index contributed by atoms with van der Waals surface area (Å²) in [6.45, 7) is 2.60. The van der Waals surface area contributed by atoms with Gasteiger partial charge in [-0.3, -0.25) is 10.1 Å². The fourth-order valence-corrected chi connectivity index (χ4v) is 4.41. The molecule has 2 amide bonds. The molecule has 150 valence electrons. The van der Waals surface area contributed by atoms with Crippen LogP contribution in [0.3, 0.4) is 0 Å². The van der Waals surface area contributed by atoms with Gasteiger partial charge in [0.2, 0.25) is 0 Å². The molecule has 3 aromatic rings.